The highest BCUT2D eigenvalue weighted by Crippen LogP contribution is 2.36. The minimum Gasteiger partial charge on any atom is -0.545 e. The highest BCUT2D eigenvalue weighted by Gasteiger charge is 2.13. The van der Waals surface area contributed by atoms with Crippen molar-refractivity contribution >= 4 is 35.8 Å². The van der Waals surface area contributed by atoms with Crippen molar-refractivity contribution in [3.05, 3.63) is 179 Å². The Bertz CT molecular complexity index is 2480. The van der Waals surface area contributed by atoms with E-state index in [9.17, 15) is 59.4 Å². The zero-order valence-corrected chi connectivity index (χ0v) is 30.8. The second kappa shape index (κ2) is 16.1. The van der Waals surface area contributed by atoms with Crippen LogP contribution in [0.5, 0.6) is 0 Å². The van der Waals surface area contributed by atoms with Crippen LogP contribution in [0.2, 0.25) is 0 Å². The molecule has 0 amide bonds. The third-order valence-corrected chi connectivity index (χ3v) is 9.80. The van der Waals surface area contributed by atoms with E-state index in [0.29, 0.717) is 50.1 Å². The molecule has 0 saturated heterocycles. The van der Waals surface area contributed by atoms with Crippen molar-refractivity contribution in [1.82, 2.24) is 0 Å². The van der Waals surface area contributed by atoms with E-state index < -0.39 is 35.8 Å². The first kappa shape index (κ1) is 39.6. The minimum absolute atomic E-state index is 0.311. The monoisotopic (exact) mass is 792 g/mol. The molecule has 7 aromatic rings. The molecule has 0 fully saturated rings. The van der Waals surface area contributed by atoms with Crippen LogP contribution in [0, 0.1) is 0 Å². The summed E-state index contributed by atoms with van der Waals surface area (Å²) in [4.78, 5) is 69.7. The minimum atomic E-state index is -1.55. The molecule has 0 unspecified atom stereocenters. The summed E-state index contributed by atoms with van der Waals surface area (Å²) in [6.07, 6.45) is 0. The summed E-state index contributed by atoms with van der Waals surface area (Å²) in [7, 11) is 0. The molecule has 7 rings (SSSR count). The molecule has 0 aliphatic rings. The normalized spacial score (nSPS) is 10.8. The van der Waals surface area contributed by atoms with Gasteiger partial charge in [-0.25, -0.2) is 0 Å². The number of aromatic carboxylic acids is 6. The lowest BCUT2D eigenvalue weighted by Crippen LogP contribution is -2.25. The Morgan fingerprint density at radius 3 is 0.467 bits per heavy atom. The molecule has 12 heteroatoms. The second-order valence-electron chi connectivity index (χ2n) is 13.7. The van der Waals surface area contributed by atoms with Gasteiger partial charge in [0.15, 0.2) is 0 Å². The van der Waals surface area contributed by atoms with E-state index in [1.807, 2.05) is 18.2 Å². The molecule has 0 radical (unpaired) electrons. The summed E-state index contributed by atoms with van der Waals surface area (Å²) < 4.78 is 0. The summed E-state index contributed by atoms with van der Waals surface area (Å²) in [5.74, 6) is -9.32. The van der Waals surface area contributed by atoms with Crippen molar-refractivity contribution in [3.8, 4) is 66.8 Å². The fourth-order valence-electron chi connectivity index (χ4n) is 6.78. The van der Waals surface area contributed by atoms with Gasteiger partial charge in [0.2, 0.25) is 0 Å². The van der Waals surface area contributed by atoms with E-state index >= 15 is 0 Å². The van der Waals surface area contributed by atoms with Crippen LogP contribution >= 0.6 is 0 Å². The van der Waals surface area contributed by atoms with Crippen LogP contribution in [0.15, 0.2) is 146 Å². The average Bonchev–Trinajstić information content (AvgIpc) is 3.25. The summed E-state index contributed by atoms with van der Waals surface area (Å²) in [6, 6.07) is 37.2. The number of carboxylic acid groups (broad SMARTS) is 6. The largest absolute Gasteiger partial charge is 0.545 e. The molecule has 0 atom stereocenters. The SMILES string of the molecule is O=C([O-])c1cc(C(=O)[O-])cc(-c2ccc(-c3cc(-c4ccc(-c5cc(C(=O)[O-])cc(C(=O)[O-])c5)cc4)cc(-c4ccc(-c5cc(C(=O)[O-])cc(C(=O)[O-])c5)cc4)c3)cc2)c1. The van der Waals surface area contributed by atoms with Crippen molar-refractivity contribution in [2.45, 2.75) is 0 Å². The maximum atomic E-state index is 11.6. The molecule has 0 heterocycles. The van der Waals surface area contributed by atoms with Crippen LogP contribution in [-0.2, 0) is 0 Å². The predicted molar refractivity (Wildman–Crippen MR) is 205 cm³/mol. The van der Waals surface area contributed by atoms with Crippen molar-refractivity contribution in [2.75, 3.05) is 0 Å². The van der Waals surface area contributed by atoms with Gasteiger partial charge in [0.25, 0.3) is 0 Å². The van der Waals surface area contributed by atoms with Crippen LogP contribution in [0.1, 0.15) is 62.1 Å². The van der Waals surface area contributed by atoms with Gasteiger partial charge >= 0.3 is 0 Å². The standard InChI is InChI=1S/C48H30O12/c49-43(50)37-16-34(17-38(22-37)44(51)52)28-7-1-25(2-8-28)31-13-32(26-3-9-29(10-4-26)35-18-39(45(53)54)23-40(19-35)46(55)56)15-33(14-31)27-5-11-30(12-6-27)36-20-41(47(57)58)24-42(21-36)48(59)60/h1-24H,(H,49,50)(H,51,52)(H,53,54)(H,55,56)(H,57,58)(H,59,60)/p-6. The number of benzene rings is 7. The van der Waals surface area contributed by atoms with Crippen molar-refractivity contribution in [3.63, 3.8) is 0 Å². The first-order valence-electron chi connectivity index (χ1n) is 17.8. The fraction of sp³-hybridized carbons (Fsp3) is 0. The predicted octanol–water partition coefficient (Wildman–Crippen LogP) is 1.87. The first-order valence-corrected chi connectivity index (χ1v) is 17.8. The lowest BCUT2D eigenvalue weighted by Gasteiger charge is -2.15. The van der Waals surface area contributed by atoms with Crippen molar-refractivity contribution in [1.29, 1.82) is 0 Å². The Morgan fingerprint density at radius 1 is 0.200 bits per heavy atom. The Hall–Kier alpha value is -8.64. The van der Waals surface area contributed by atoms with Crippen LogP contribution in [0.4, 0.5) is 0 Å². The number of hydrogen-bond donors (Lipinski definition) is 0. The molecular weight excluding hydrogens is 769 g/mol. The van der Waals surface area contributed by atoms with Gasteiger partial charge in [-0.15, -0.1) is 0 Å². The molecule has 0 aliphatic heterocycles. The van der Waals surface area contributed by atoms with Crippen molar-refractivity contribution < 1.29 is 59.4 Å². The zero-order chi connectivity index (χ0) is 42.8. The van der Waals surface area contributed by atoms with Crippen LogP contribution < -0.4 is 30.6 Å². The summed E-state index contributed by atoms with van der Waals surface area (Å²) >= 11 is 0. The molecule has 12 nitrogen and oxygen atoms in total. The van der Waals surface area contributed by atoms with Gasteiger partial charge in [-0.1, -0.05) is 72.8 Å². The highest BCUT2D eigenvalue weighted by molar-refractivity contribution is 5.97. The topological polar surface area (TPSA) is 241 Å². The first-order chi connectivity index (χ1) is 28.6. The Balaban J connectivity index is 1.31. The van der Waals surface area contributed by atoms with Gasteiger partial charge in [0.05, 0.1) is 35.8 Å². The molecule has 294 valence electrons. The number of rotatable bonds is 12. The van der Waals surface area contributed by atoms with Crippen molar-refractivity contribution in [2.24, 2.45) is 0 Å². The van der Waals surface area contributed by atoms with E-state index in [1.165, 1.54) is 36.4 Å². The van der Waals surface area contributed by atoms with Gasteiger partial charge in [-0.2, -0.15) is 0 Å². The third kappa shape index (κ3) is 8.38. The highest BCUT2D eigenvalue weighted by atomic mass is 16.4. The van der Waals surface area contributed by atoms with Gasteiger partial charge in [0.1, 0.15) is 0 Å². The molecule has 0 aliphatic carbocycles. The number of hydrogen-bond acceptors (Lipinski definition) is 12. The number of carbonyl (C=O) groups is 6. The van der Waals surface area contributed by atoms with Crippen LogP contribution in [0.25, 0.3) is 66.8 Å². The Kier molecular flexibility index (Phi) is 10.6. The molecule has 7 aromatic carbocycles. The number of carbonyl (C=O) groups excluding carboxylic acids is 6. The van der Waals surface area contributed by atoms with Crippen LogP contribution in [-0.4, -0.2) is 35.8 Å². The lowest BCUT2D eigenvalue weighted by molar-refractivity contribution is -0.257. The molecule has 0 N–H and O–H groups in total. The third-order valence-electron chi connectivity index (χ3n) is 9.80. The maximum Gasteiger partial charge on any atom is 0.0715 e. The van der Waals surface area contributed by atoms with Gasteiger partial charge in [-0.05, 0) is 173 Å². The number of carboxylic acids is 6. The van der Waals surface area contributed by atoms with E-state index in [0.717, 1.165) is 34.9 Å². The zero-order valence-electron chi connectivity index (χ0n) is 30.8. The second-order valence-corrected chi connectivity index (χ2v) is 13.7. The van der Waals surface area contributed by atoms with Crippen LogP contribution in [0.3, 0.4) is 0 Å². The Labute approximate surface area is 340 Å². The molecule has 0 aromatic heterocycles. The quantitative estimate of drug-likeness (QED) is 0.172. The summed E-state index contributed by atoms with van der Waals surface area (Å²) in [6.45, 7) is 0. The van der Waals surface area contributed by atoms with Gasteiger partial charge < -0.3 is 59.4 Å². The van der Waals surface area contributed by atoms with Gasteiger partial charge in [-0.3, -0.25) is 0 Å². The molecule has 0 spiro atoms. The smallest absolute Gasteiger partial charge is 0.0715 e. The molecule has 0 saturated carbocycles. The van der Waals surface area contributed by atoms with E-state index in [-0.39, 0.29) is 33.4 Å². The van der Waals surface area contributed by atoms with E-state index in [2.05, 4.69) is 0 Å². The summed E-state index contributed by atoms with van der Waals surface area (Å²) in [5.41, 5.74) is 4.81. The maximum absolute atomic E-state index is 11.6. The van der Waals surface area contributed by atoms with E-state index in [1.54, 1.807) is 72.8 Å². The lowest BCUT2D eigenvalue weighted by atomic mass is 9.91. The molecular formula is C48H24O12-6. The van der Waals surface area contributed by atoms with E-state index in [4.69, 9.17) is 0 Å². The molecule has 0 bridgehead atoms. The summed E-state index contributed by atoms with van der Waals surface area (Å²) in [5, 5.41) is 69.7. The molecule has 60 heavy (non-hydrogen) atoms. The van der Waals surface area contributed by atoms with Gasteiger partial charge in [0, 0.05) is 0 Å². The fourth-order valence-corrected chi connectivity index (χ4v) is 6.78. The Morgan fingerprint density at radius 2 is 0.333 bits per heavy atom. The average molecular weight is 793 g/mol.